The van der Waals surface area contributed by atoms with Crippen molar-refractivity contribution < 1.29 is 9.18 Å². The van der Waals surface area contributed by atoms with Gasteiger partial charge in [-0.3, -0.25) is 4.79 Å². The van der Waals surface area contributed by atoms with Crippen LogP contribution < -0.4 is 11.1 Å². The summed E-state index contributed by atoms with van der Waals surface area (Å²) < 4.78 is 14.9. The zero-order valence-corrected chi connectivity index (χ0v) is 9.54. The van der Waals surface area contributed by atoms with Gasteiger partial charge in [-0.05, 0) is 35.5 Å². The third-order valence-corrected chi connectivity index (χ3v) is 2.23. The molecule has 1 aromatic carbocycles. The number of nitrogens with zero attached hydrogens (tertiary/aromatic N) is 4. The van der Waals surface area contributed by atoms with Crippen LogP contribution in [0.15, 0.2) is 24.5 Å². The van der Waals surface area contributed by atoms with E-state index in [1.54, 1.807) is 0 Å². The molecule has 0 spiro atoms. The number of aromatic nitrogens is 4. The predicted molar refractivity (Wildman–Crippen MR) is 61.4 cm³/mol. The van der Waals surface area contributed by atoms with Crippen molar-refractivity contribution in [1.29, 1.82) is 0 Å². The summed E-state index contributed by atoms with van der Waals surface area (Å²) in [5, 5.41) is 13.0. The summed E-state index contributed by atoms with van der Waals surface area (Å²) in [6, 6.07) is 3.41. The van der Waals surface area contributed by atoms with Crippen LogP contribution in [0.4, 0.5) is 10.1 Å². The van der Waals surface area contributed by atoms with Crippen molar-refractivity contribution in [3.8, 4) is 5.69 Å². The van der Waals surface area contributed by atoms with E-state index in [4.69, 9.17) is 5.73 Å². The summed E-state index contributed by atoms with van der Waals surface area (Å²) in [6.07, 6.45) is 1.37. The van der Waals surface area contributed by atoms with E-state index in [0.717, 1.165) is 0 Å². The Morgan fingerprint density at radius 2 is 2.33 bits per heavy atom. The van der Waals surface area contributed by atoms with E-state index in [0.29, 0.717) is 5.69 Å². The van der Waals surface area contributed by atoms with E-state index in [1.807, 2.05) is 0 Å². The highest BCUT2D eigenvalue weighted by atomic mass is 19.1. The number of amides is 1. The molecule has 3 N–H and O–H groups in total. The largest absolute Gasteiger partial charge is 0.322 e. The molecule has 0 saturated carbocycles. The number of halogens is 1. The minimum Gasteiger partial charge on any atom is -0.322 e. The van der Waals surface area contributed by atoms with Crippen molar-refractivity contribution in [2.45, 2.75) is 13.0 Å². The summed E-state index contributed by atoms with van der Waals surface area (Å²) in [7, 11) is 0. The molecule has 94 valence electrons. The number of anilines is 1. The normalized spacial score (nSPS) is 12.2. The van der Waals surface area contributed by atoms with E-state index in [2.05, 4.69) is 20.8 Å². The van der Waals surface area contributed by atoms with Crippen LogP contribution in [0.1, 0.15) is 6.92 Å². The zero-order chi connectivity index (χ0) is 13.1. The molecule has 0 aliphatic heterocycles. The molecule has 0 unspecified atom stereocenters. The Labute approximate surface area is 102 Å². The van der Waals surface area contributed by atoms with E-state index in [-0.39, 0.29) is 5.69 Å². The standard InChI is InChI=1S/C10H11FN6O/c1-6(12)10(18)14-9-4-7(2-3-8(9)11)17-5-13-15-16-17/h2-6H,12H2,1H3,(H,14,18)/t6-/m0/s1. The molecule has 0 fully saturated rings. The number of hydrogen-bond acceptors (Lipinski definition) is 5. The van der Waals surface area contributed by atoms with E-state index in [9.17, 15) is 9.18 Å². The Hall–Kier alpha value is -2.35. The first-order valence-corrected chi connectivity index (χ1v) is 5.17. The van der Waals surface area contributed by atoms with Crippen LogP contribution in [0.25, 0.3) is 5.69 Å². The fraction of sp³-hybridized carbons (Fsp3) is 0.200. The van der Waals surface area contributed by atoms with E-state index < -0.39 is 17.8 Å². The number of hydrogen-bond donors (Lipinski definition) is 2. The van der Waals surface area contributed by atoms with Crippen molar-refractivity contribution in [3.05, 3.63) is 30.3 Å². The van der Waals surface area contributed by atoms with Gasteiger partial charge < -0.3 is 11.1 Å². The van der Waals surface area contributed by atoms with E-state index in [1.165, 1.54) is 36.1 Å². The lowest BCUT2D eigenvalue weighted by Gasteiger charge is -2.10. The van der Waals surface area contributed by atoms with Gasteiger partial charge in [0, 0.05) is 0 Å². The molecule has 0 aliphatic rings. The molecule has 0 radical (unpaired) electrons. The van der Waals surface area contributed by atoms with Crippen LogP contribution >= 0.6 is 0 Å². The van der Waals surface area contributed by atoms with Gasteiger partial charge in [0.15, 0.2) is 0 Å². The van der Waals surface area contributed by atoms with Crippen molar-refractivity contribution in [3.63, 3.8) is 0 Å². The van der Waals surface area contributed by atoms with Crippen LogP contribution in [0.2, 0.25) is 0 Å². The Bertz CT molecular complexity index is 554. The Morgan fingerprint density at radius 3 is 2.94 bits per heavy atom. The molecule has 2 rings (SSSR count). The molecule has 2 aromatic rings. The van der Waals surface area contributed by atoms with Gasteiger partial charge in [-0.1, -0.05) is 0 Å². The third-order valence-electron chi connectivity index (χ3n) is 2.23. The topological polar surface area (TPSA) is 98.7 Å². The molecule has 8 heteroatoms. The number of nitrogens with one attached hydrogen (secondary N) is 1. The Kier molecular flexibility index (Phi) is 3.28. The quantitative estimate of drug-likeness (QED) is 0.804. The minimum absolute atomic E-state index is 0.0327. The Balaban J connectivity index is 2.30. The first-order chi connectivity index (χ1) is 8.58. The number of tetrazole rings is 1. The molecular weight excluding hydrogens is 239 g/mol. The molecule has 18 heavy (non-hydrogen) atoms. The van der Waals surface area contributed by atoms with Gasteiger partial charge in [0.05, 0.1) is 17.4 Å². The summed E-state index contributed by atoms with van der Waals surface area (Å²) in [4.78, 5) is 11.4. The first-order valence-electron chi connectivity index (χ1n) is 5.17. The van der Waals surface area contributed by atoms with Gasteiger partial charge in [-0.25, -0.2) is 9.07 Å². The second kappa shape index (κ2) is 4.88. The average molecular weight is 250 g/mol. The maximum absolute atomic E-state index is 13.5. The maximum Gasteiger partial charge on any atom is 0.241 e. The van der Waals surface area contributed by atoms with Gasteiger partial charge >= 0.3 is 0 Å². The predicted octanol–water partition coefficient (Wildman–Crippen LogP) is 0.0871. The second-order valence-corrected chi connectivity index (χ2v) is 3.70. The van der Waals surface area contributed by atoms with Gasteiger partial charge in [0.2, 0.25) is 5.91 Å². The number of benzene rings is 1. The van der Waals surface area contributed by atoms with Gasteiger partial charge in [0.25, 0.3) is 0 Å². The SMILES string of the molecule is C[C@H](N)C(=O)Nc1cc(-n2cnnn2)ccc1F. The molecule has 1 amide bonds. The molecule has 1 atom stereocenters. The summed E-state index contributed by atoms with van der Waals surface area (Å²) >= 11 is 0. The minimum atomic E-state index is -0.721. The van der Waals surface area contributed by atoms with E-state index >= 15 is 0 Å². The molecule has 1 heterocycles. The van der Waals surface area contributed by atoms with Gasteiger partial charge in [-0.15, -0.1) is 5.10 Å². The third kappa shape index (κ3) is 2.48. The monoisotopic (exact) mass is 250 g/mol. The zero-order valence-electron chi connectivity index (χ0n) is 9.54. The lowest BCUT2D eigenvalue weighted by molar-refractivity contribution is -0.117. The van der Waals surface area contributed by atoms with Crippen molar-refractivity contribution in [2.24, 2.45) is 5.73 Å². The highest BCUT2D eigenvalue weighted by Crippen LogP contribution is 2.18. The number of rotatable bonds is 3. The highest BCUT2D eigenvalue weighted by molar-refractivity contribution is 5.94. The van der Waals surface area contributed by atoms with Crippen molar-refractivity contribution in [1.82, 2.24) is 20.2 Å². The fourth-order valence-corrected chi connectivity index (χ4v) is 1.28. The molecular formula is C10H11FN6O. The maximum atomic E-state index is 13.5. The Morgan fingerprint density at radius 1 is 1.56 bits per heavy atom. The highest BCUT2D eigenvalue weighted by Gasteiger charge is 2.12. The molecule has 0 bridgehead atoms. The van der Waals surface area contributed by atoms with Gasteiger partial charge in [-0.2, -0.15) is 0 Å². The van der Waals surface area contributed by atoms with Crippen LogP contribution in [-0.4, -0.2) is 32.2 Å². The van der Waals surface area contributed by atoms with Gasteiger partial charge in [0.1, 0.15) is 12.1 Å². The smallest absolute Gasteiger partial charge is 0.241 e. The fourth-order valence-electron chi connectivity index (χ4n) is 1.28. The van der Waals surface area contributed by atoms with Crippen LogP contribution in [0.5, 0.6) is 0 Å². The van der Waals surface area contributed by atoms with Crippen LogP contribution in [0.3, 0.4) is 0 Å². The molecule has 7 nitrogen and oxygen atoms in total. The van der Waals surface area contributed by atoms with Crippen LogP contribution in [-0.2, 0) is 4.79 Å². The first kappa shape index (κ1) is 12.1. The van der Waals surface area contributed by atoms with Crippen LogP contribution in [0, 0.1) is 5.82 Å². The lowest BCUT2D eigenvalue weighted by atomic mass is 10.2. The summed E-state index contributed by atoms with van der Waals surface area (Å²) in [6.45, 7) is 1.51. The number of carbonyl (C=O) groups is 1. The molecule has 0 aliphatic carbocycles. The second-order valence-electron chi connectivity index (χ2n) is 3.70. The summed E-state index contributed by atoms with van der Waals surface area (Å²) in [5.41, 5.74) is 5.96. The number of carbonyl (C=O) groups excluding carboxylic acids is 1. The number of nitrogens with two attached hydrogens (primary N) is 1. The summed E-state index contributed by atoms with van der Waals surface area (Å²) in [5.74, 6) is -1.02. The lowest BCUT2D eigenvalue weighted by Crippen LogP contribution is -2.32. The molecule has 0 saturated heterocycles. The molecule has 1 aromatic heterocycles. The van der Waals surface area contributed by atoms with Crippen molar-refractivity contribution in [2.75, 3.05) is 5.32 Å². The van der Waals surface area contributed by atoms with Crippen molar-refractivity contribution >= 4 is 11.6 Å². The average Bonchev–Trinajstić information content (AvgIpc) is 2.85.